The van der Waals surface area contributed by atoms with Crippen LogP contribution in [0.4, 0.5) is 0 Å². The van der Waals surface area contributed by atoms with Crippen LogP contribution in [0.2, 0.25) is 0 Å². The number of carbonyl (C=O) groups is 1. The fourth-order valence-corrected chi connectivity index (χ4v) is 3.18. The molecule has 1 atom stereocenters. The topological polar surface area (TPSA) is 41.6 Å². The molecule has 1 saturated heterocycles. The van der Waals surface area contributed by atoms with Crippen LogP contribution in [-0.4, -0.2) is 29.2 Å². The van der Waals surface area contributed by atoms with E-state index in [1.54, 1.807) is 0 Å². The number of rotatable bonds is 5. The van der Waals surface area contributed by atoms with Gasteiger partial charge in [-0.15, -0.1) is 0 Å². The molecule has 4 nitrogen and oxygen atoms in total. The second-order valence-electron chi connectivity index (χ2n) is 7.10. The molecule has 25 heavy (non-hydrogen) atoms. The van der Waals surface area contributed by atoms with E-state index in [1.807, 2.05) is 26.0 Å². The maximum Gasteiger partial charge on any atom is 0.223 e. The quantitative estimate of drug-likeness (QED) is 0.909. The number of nitrogens with one attached hydrogen (secondary N) is 1. The van der Waals surface area contributed by atoms with Gasteiger partial charge in [0, 0.05) is 25.6 Å². The van der Waals surface area contributed by atoms with E-state index < -0.39 is 5.72 Å². The number of benzene rings is 2. The SMILES string of the molecule is CC1(C)NC(=O)CC(N(Cc2ccccc2)Cc2ccccc2)CO1. The molecule has 132 valence electrons. The molecule has 0 saturated carbocycles. The predicted octanol–water partition coefficient (Wildman–Crippen LogP) is 3.33. The van der Waals surface area contributed by atoms with Gasteiger partial charge in [0.25, 0.3) is 0 Å². The molecule has 0 spiro atoms. The van der Waals surface area contributed by atoms with Crippen molar-refractivity contribution < 1.29 is 9.53 Å². The minimum absolute atomic E-state index is 0.0404. The van der Waals surface area contributed by atoms with Gasteiger partial charge in [0.15, 0.2) is 0 Å². The van der Waals surface area contributed by atoms with E-state index in [1.165, 1.54) is 11.1 Å². The van der Waals surface area contributed by atoms with Crippen molar-refractivity contribution >= 4 is 5.91 Å². The third kappa shape index (κ3) is 5.15. The third-order valence-electron chi connectivity index (χ3n) is 4.47. The molecule has 0 bridgehead atoms. The first-order valence-corrected chi connectivity index (χ1v) is 8.79. The monoisotopic (exact) mass is 338 g/mol. The van der Waals surface area contributed by atoms with Crippen LogP contribution in [0, 0.1) is 0 Å². The van der Waals surface area contributed by atoms with Gasteiger partial charge in [0.1, 0.15) is 5.72 Å². The highest BCUT2D eigenvalue weighted by atomic mass is 16.5. The zero-order chi connectivity index (χ0) is 17.7. The largest absolute Gasteiger partial charge is 0.355 e. The zero-order valence-corrected chi connectivity index (χ0v) is 14.9. The molecule has 1 unspecified atom stereocenters. The lowest BCUT2D eigenvalue weighted by molar-refractivity contribution is -0.126. The second kappa shape index (κ2) is 7.81. The Morgan fingerprint density at radius 3 is 2.04 bits per heavy atom. The number of hydrogen-bond acceptors (Lipinski definition) is 3. The summed E-state index contributed by atoms with van der Waals surface area (Å²) in [6.07, 6.45) is 0.448. The number of hydrogen-bond donors (Lipinski definition) is 1. The molecule has 1 fully saturated rings. The Morgan fingerprint density at radius 1 is 1.00 bits per heavy atom. The van der Waals surface area contributed by atoms with E-state index in [-0.39, 0.29) is 11.9 Å². The van der Waals surface area contributed by atoms with Crippen LogP contribution in [0.1, 0.15) is 31.4 Å². The minimum atomic E-state index is -0.614. The first-order valence-electron chi connectivity index (χ1n) is 8.79. The smallest absolute Gasteiger partial charge is 0.223 e. The van der Waals surface area contributed by atoms with Crippen LogP contribution in [0.3, 0.4) is 0 Å². The highest BCUT2D eigenvalue weighted by Gasteiger charge is 2.31. The Kier molecular flexibility index (Phi) is 5.51. The summed E-state index contributed by atoms with van der Waals surface area (Å²) in [5.41, 5.74) is 1.86. The first kappa shape index (κ1) is 17.6. The average Bonchev–Trinajstić information content (AvgIpc) is 2.73. The first-order chi connectivity index (χ1) is 12.0. The average molecular weight is 338 g/mol. The molecule has 0 aliphatic carbocycles. The van der Waals surface area contributed by atoms with Crippen molar-refractivity contribution in [3.63, 3.8) is 0 Å². The van der Waals surface area contributed by atoms with Gasteiger partial charge in [-0.25, -0.2) is 0 Å². The van der Waals surface area contributed by atoms with Crippen molar-refractivity contribution in [3.05, 3.63) is 71.8 Å². The number of carbonyl (C=O) groups excluding carboxylic acids is 1. The molecule has 0 aromatic heterocycles. The van der Waals surface area contributed by atoms with Gasteiger partial charge in [0.05, 0.1) is 6.61 Å². The second-order valence-corrected chi connectivity index (χ2v) is 7.10. The lowest BCUT2D eigenvalue weighted by Crippen LogP contribution is -2.43. The Balaban J connectivity index is 1.80. The van der Waals surface area contributed by atoms with Crippen LogP contribution in [0.25, 0.3) is 0 Å². The van der Waals surface area contributed by atoms with Crippen molar-refractivity contribution in [1.29, 1.82) is 0 Å². The summed E-state index contributed by atoms with van der Waals surface area (Å²) in [5, 5.41) is 2.94. The van der Waals surface area contributed by atoms with Crippen LogP contribution in [0.5, 0.6) is 0 Å². The molecule has 1 aliphatic heterocycles. The summed E-state index contributed by atoms with van der Waals surface area (Å²) in [4.78, 5) is 14.6. The zero-order valence-electron chi connectivity index (χ0n) is 14.9. The van der Waals surface area contributed by atoms with Gasteiger partial charge in [0.2, 0.25) is 5.91 Å². The third-order valence-corrected chi connectivity index (χ3v) is 4.47. The molecule has 0 radical (unpaired) electrons. The Bertz CT molecular complexity index is 644. The minimum Gasteiger partial charge on any atom is -0.355 e. The molecule has 4 heteroatoms. The fourth-order valence-electron chi connectivity index (χ4n) is 3.18. The van der Waals surface area contributed by atoms with Crippen LogP contribution < -0.4 is 5.32 Å². The standard InChI is InChI=1S/C21H26N2O2/c1-21(2)22-20(24)13-19(16-25-21)23(14-17-9-5-3-6-10-17)15-18-11-7-4-8-12-18/h3-12,19H,13-16H2,1-2H3,(H,22,24). The van der Waals surface area contributed by atoms with Gasteiger partial charge in [-0.1, -0.05) is 60.7 Å². The van der Waals surface area contributed by atoms with Gasteiger partial charge in [-0.3, -0.25) is 9.69 Å². The number of nitrogens with zero attached hydrogens (tertiary/aromatic N) is 1. The van der Waals surface area contributed by atoms with Crippen molar-refractivity contribution in [2.24, 2.45) is 0 Å². The van der Waals surface area contributed by atoms with Crippen LogP contribution in [-0.2, 0) is 22.6 Å². The van der Waals surface area contributed by atoms with Crippen molar-refractivity contribution in [2.45, 2.75) is 45.1 Å². The maximum absolute atomic E-state index is 12.3. The van der Waals surface area contributed by atoms with E-state index in [0.717, 1.165) is 13.1 Å². The van der Waals surface area contributed by atoms with Crippen molar-refractivity contribution in [2.75, 3.05) is 6.61 Å². The summed E-state index contributed by atoms with van der Waals surface area (Å²) in [5.74, 6) is 0.0404. The van der Waals surface area contributed by atoms with Crippen LogP contribution >= 0.6 is 0 Å². The van der Waals surface area contributed by atoms with Gasteiger partial charge < -0.3 is 10.1 Å². The Morgan fingerprint density at radius 2 is 1.52 bits per heavy atom. The van der Waals surface area contributed by atoms with Gasteiger partial charge in [-0.05, 0) is 25.0 Å². The molecular weight excluding hydrogens is 312 g/mol. The van der Waals surface area contributed by atoms with Crippen molar-refractivity contribution in [1.82, 2.24) is 10.2 Å². The molecule has 2 aromatic rings. The normalized spacial score (nSPS) is 20.1. The fraction of sp³-hybridized carbons (Fsp3) is 0.381. The molecule has 2 aromatic carbocycles. The van der Waals surface area contributed by atoms with Gasteiger partial charge in [-0.2, -0.15) is 0 Å². The summed E-state index contributed by atoms with van der Waals surface area (Å²) in [6, 6.07) is 20.8. The van der Waals surface area contributed by atoms with E-state index in [4.69, 9.17) is 4.74 Å². The summed E-state index contributed by atoms with van der Waals surface area (Å²) < 4.78 is 5.96. The van der Waals surface area contributed by atoms with Gasteiger partial charge >= 0.3 is 0 Å². The highest BCUT2D eigenvalue weighted by molar-refractivity contribution is 5.77. The van der Waals surface area contributed by atoms with E-state index in [0.29, 0.717) is 13.0 Å². The molecular formula is C21H26N2O2. The predicted molar refractivity (Wildman–Crippen MR) is 98.7 cm³/mol. The Labute approximate surface area is 149 Å². The van der Waals surface area contributed by atoms with E-state index >= 15 is 0 Å². The van der Waals surface area contributed by atoms with Crippen molar-refractivity contribution in [3.8, 4) is 0 Å². The lowest BCUT2D eigenvalue weighted by Gasteiger charge is -2.31. The summed E-state index contributed by atoms with van der Waals surface area (Å²) in [6.45, 7) is 5.90. The lowest BCUT2D eigenvalue weighted by atomic mass is 10.1. The summed E-state index contributed by atoms with van der Waals surface area (Å²) in [7, 11) is 0. The maximum atomic E-state index is 12.3. The number of ether oxygens (including phenoxy) is 1. The number of amides is 1. The van der Waals surface area contributed by atoms with E-state index in [2.05, 4.69) is 58.7 Å². The molecule has 3 rings (SSSR count). The van der Waals surface area contributed by atoms with E-state index in [9.17, 15) is 4.79 Å². The molecule has 1 heterocycles. The highest BCUT2D eigenvalue weighted by Crippen LogP contribution is 2.20. The molecule has 1 N–H and O–H groups in total. The Hall–Kier alpha value is -2.17. The molecule has 1 aliphatic rings. The summed E-state index contributed by atoms with van der Waals surface area (Å²) >= 11 is 0. The van der Waals surface area contributed by atoms with Crippen LogP contribution in [0.15, 0.2) is 60.7 Å². The molecule has 1 amide bonds.